The average Bonchev–Trinajstić information content (AvgIpc) is 2.14. The molecule has 0 radical (unpaired) electrons. The Morgan fingerprint density at radius 1 is 1.62 bits per heavy atom. The van der Waals surface area contributed by atoms with Gasteiger partial charge in [-0.2, -0.15) is 0 Å². The van der Waals surface area contributed by atoms with Crippen LogP contribution in [0.5, 0.6) is 0 Å². The predicted molar refractivity (Wildman–Crippen MR) is 35.5 cm³/mol. The van der Waals surface area contributed by atoms with Crippen molar-refractivity contribution in [2.75, 3.05) is 0 Å². The van der Waals surface area contributed by atoms with Gasteiger partial charge in [0.1, 0.15) is 0 Å². The Hall–Kier alpha value is -0.500. The van der Waals surface area contributed by atoms with Gasteiger partial charge in [0.15, 0.2) is 0 Å². The van der Waals surface area contributed by atoms with E-state index in [1.807, 2.05) is 19.1 Å². The van der Waals surface area contributed by atoms with Crippen LogP contribution < -0.4 is 0 Å². The van der Waals surface area contributed by atoms with E-state index in [1.165, 1.54) is 11.8 Å². The van der Waals surface area contributed by atoms with Gasteiger partial charge in [-0.05, 0) is 30.8 Å². The molecule has 1 nitrogen and oxygen atoms in total. The van der Waals surface area contributed by atoms with Gasteiger partial charge in [-0.3, -0.25) is 4.79 Å². The van der Waals surface area contributed by atoms with E-state index in [1.54, 1.807) is 6.08 Å². The standard InChI is InChI=1S/C6H6OS/c1-2-5-3-4-6(7)8-5/h2-4H,1H3/b5-2+. The van der Waals surface area contributed by atoms with Gasteiger partial charge in [0.2, 0.25) is 5.12 Å². The number of thioether (sulfide) groups is 1. The number of carbonyl (C=O) groups is 1. The molecule has 2 heteroatoms. The summed E-state index contributed by atoms with van der Waals surface area (Å²) in [6.07, 6.45) is 5.33. The lowest BCUT2D eigenvalue weighted by Gasteiger charge is -1.82. The van der Waals surface area contributed by atoms with Gasteiger partial charge in [0.25, 0.3) is 0 Å². The third-order valence-electron chi connectivity index (χ3n) is 0.887. The number of hydrogen-bond acceptors (Lipinski definition) is 2. The highest BCUT2D eigenvalue weighted by atomic mass is 32.2. The van der Waals surface area contributed by atoms with Crippen LogP contribution >= 0.6 is 11.8 Å². The molecule has 42 valence electrons. The van der Waals surface area contributed by atoms with Crippen molar-refractivity contribution in [3.8, 4) is 0 Å². The fourth-order valence-corrected chi connectivity index (χ4v) is 1.11. The molecule has 1 aliphatic rings. The Labute approximate surface area is 52.5 Å². The molecule has 0 aromatic carbocycles. The zero-order valence-electron chi connectivity index (χ0n) is 4.55. The monoisotopic (exact) mass is 126 g/mol. The van der Waals surface area contributed by atoms with Gasteiger partial charge in [0.05, 0.1) is 0 Å². The minimum absolute atomic E-state index is 0.137. The lowest BCUT2D eigenvalue weighted by molar-refractivity contribution is -0.106. The van der Waals surface area contributed by atoms with Crippen molar-refractivity contribution < 1.29 is 4.79 Å². The molecule has 0 aromatic rings. The van der Waals surface area contributed by atoms with E-state index < -0.39 is 0 Å². The number of rotatable bonds is 0. The minimum Gasteiger partial charge on any atom is -0.282 e. The highest BCUT2D eigenvalue weighted by molar-refractivity contribution is 8.17. The molecule has 0 N–H and O–H groups in total. The van der Waals surface area contributed by atoms with Crippen molar-refractivity contribution in [1.82, 2.24) is 0 Å². The first-order chi connectivity index (χ1) is 3.83. The smallest absolute Gasteiger partial charge is 0.216 e. The molecular weight excluding hydrogens is 120 g/mol. The minimum atomic E-state index is 0.137. The van der Waals surface area contributed by atoms with Crippen LogP contribution in [0.2, 0.25) is 0 Å². The van der Waals surface area contributed by atoms with Gasteiger partial charge in [-0.1, -0.05) is 6.08 Å². The van der Waals surface area contributed by atoms with Gasteiger partial charge in [-0.15, -0.1) is 0 Å². The van der Waals surface area contributed by atoms with E-state index in [9.17, 15) is 4.79 Å². The van der Waals surface area contributed by atoms with Crippen LogP contribution in [0.25, 0.3) is 0 Å². The van der Waals surface area contributed by atoms with Gasteiger partial charge < -0.3 is 0 Å². The maximum absolute atomic E-state index is 10.4. The summed E-state index contributed by atoms with van der Waals surface area (Å²) >= 11 is 1.28. The molecule has 0 amide bonds. The Balaban J connectivity index is 2.73. The fraction of sp³-hybridized carbons (Fsp3) is 0.167. The summed E-state index contributed by atoms with van der Waals surface area (Å²) in [5.74, 6) is 0. The fourth-order valence-electron chi connectivity index (χ4n) is 0.490. The summed E-state index contributed by atoms with van der Waals surface area (Å²) in [4.78, 5) is 11.5. The van der Waals surface area contributed by atoms with Crippen molar-refractivity contribution in [3.05, 3.63) is 23.1 Å². The van der Waals surface area contributed by atoms with Crippen LogP contribution in [-0.4, -0.2) is 5.12 Å². The summed E-state index contributed by atoms with van der Waals surface area (Å²) < 4.78 is 0. The Kier molecular flexibility index (Phi) is 1.53. The van der Waals surface area contributed by atoms with Gasteiger partial charge in [-0.25, -0.2) is 0 Å². The van der Waals surface area contributed by atoms with E-state index >= 15 is 0 Å². The van der Waals surface area contributed by atoms with E-state index in [0.29, 0.717) is 0 Å². The zero-order chi connectivity index (χ0) is 5.98. The summed E-state index contributed by atoms with van der Waals surface area (Å²) in [7, 11) is 0. The number of allylic oxidation sites excluding steroid dienone is 2. The van der Waals surface area contributed by atoms with E-state index in [0.717, 1.165) is 4.91 Å². The molecule has 8 heavy (non-hydrogen) atoms. The van der Waals surface area contributed by atoms with Crippen molar-refractivity contribution in [2.24, 2.45) is 0 Å². The molecule has 0 saturated heterocycles. The summed E-state index contributed by atoms with van der Waals surface area (Å²) in [6, 6.07) is 0. The lowest BCUT2D eigenvalue weighted by atomic mass is 10.5. The second-order valence-electron chi connectivity index (χ2n) is 1.45. The van der Waals surface area contributed by atoms with E-state index in [-0.39, 0.29) is 5.12 Å². The third-order valence-corrected chi connectivity index (χ3v) is 1.83. The van der Waals surface area contributed by atoms with E-state index in [4.69, 9.17) is 0 Å². The highest BCUT2D eigenvalue weighted by Gasteiger charge is 2.06. The SMILES string of the molecule is C/C=C1\C=CC(=O)S1. The van der Waals surface area contributed by atoms with Gasteiger partial charge in [0, 0.05) is 4.91 Å². The number of carbonyl (C=O) groups excluding carboxylic acids is 1. The van der Waals surface area contributed by atoms with Crippen LogP contribution in [0.4, 0.5) is 0 Å². The molecule has 0 unspecified atom stereocenters. The van der Waals surface area contributed by atoms with Crippen molar-refractivity contribution in [3.63, 3.8) is 0 Å². The maximum atomic E-state index is 10.4. The van der Waals surface area contributed by atoms with Crippen LogP contribution in [0, 0.1) is 0 Å². The second-order valence-corrected chi connectivity index (χ2v) is 2.52. The van der Waals surface area contributed by atoms with Crippen LogP contribution in [0.3, 0.4) is 0 Å². The molecule has 0 saturated carbocycles. The van der Waals surface area contributed by atoms with Crippen molar-refractivity contribution >= 4 is 16.9 Å². The summed E-state index contributed by atoms with van der Waals surface area (Å²) in [5.41, 5.74) is 0. The normalized spacial score (nSPS) is 23.1. The summed E-state index contributed by atoms with van der Waals surface area (Å²) in [6.45, 7) is 1.92. The molecule has 0 aliphatic carbocycles. The lowest BCUT2D eigenvalue weighted by Crippen LogP contribution is -1.72. The average molecular weight is 126 g/mol. The first-order valence-corrected chi connectivity index (χ1v) is 3.21. The largest absolute Gasteiger partial charge is 0.282 e. The second kappa shape index (κ2) is 2.18. The molecule has 0 spiro atoms. The predicted octanol–water partition coefficient (Wildman–Crippen LogP) is 1.72. The Morgan fingerprint density at radius 3 is 2.62 bits per heavy atom. The summed E-state index contributed by atoms with van der Waals surface area (Å²) in [5, 5.41) is 0.137. The van der Waals surface area contributed by atoms with Crippen molar-refractivity contribution in [1.29, 1.82) is 0 Å². The molecular formula is C6H6OS. The Bertz CT molecular complexity index is 167. The quantitative estimate of drug-likeness (QED) is 0.491. The van der Waals surface area contributed by atoms with Gasteiger partial charge >= 0.3 is 0 Å². The molecule has 0 bridgehead atoms. The molecule has 1 aliphatic heterocycles. The Morgan fingerprint density at radius 2 is 2.38 bits per heavy atom. The van der Waals surface area contributed by atoms with Crippen LogP contribution in [0.1, 0.15) is 6.92 Å². The molecule has 0 atom stereocenters. The number of hydrogen-bond donors (Lipinski definition) is 0. The molecule has 1 heterocycles. The zero-order valence-corrected chi connectivity index (χ0v) is 5.37. The molecule has 0 aromatic heterocycles. The molecule has 0 fully saturated rings. The van der Waals surface area contributed by atoms with Crippen LogP contribution in [0.15, 0.2) is 23.1 Å². The first kappa shape index (κ1) is 5.63. The topological polar surface area (TPSA) is 17.1 Å². The highest BCUT2D eigenvalue weighted by Crippen LogP contribution is 2.24. The maximum Gasteiger partial charge on any atom is 0.216 e. The van der Waals surface area contributed by atoms with Crippen molar-refractivity contribution in [2.45, 2.75) is 6.92 Å². The molecule has 1 rings (SSSR count). The first-order valence-electron chi connectivity index (χ1n) is 2.39. The van der Waals surface area contributed by atoms with Crippen LogP contribution in [-0.2, 0) is 4.79 Å². The van der Waals surface area contributed by atoms with E-state index in [2.05, 4.69) is 0 Å². The third kappa shape index (κ3) is 1.01.